The van der Waals surface area contributed by atoms with Gasteiger partial charge in [-0.2, -0.15) is 13.2 Å². The van der Waals surface area contributed by atoms with Crippen LogP contribution in [0.4, 0.5) is 13.2 Å². The third kappa shape index (κ3) is 2.68. The van der Waals surface area contributed by atoms with Gasteiger partial charge in [-0.1, -0.05) is 0 Å². The number of hydrogen-bond acceptors (Lipinski definition) is 4. The van der Waals surface area contributed by atoms with E-state index in [9.17, 15) is 18.0 Å². The SMILES string of the molecule is O=C(NCC1(N2CCOCC2)CCOCC1)C12CC(C(F)(F)F)(C1)C2. The summed E-state index contributed by atoms with van der Waals surface area (Å²) in [7, 11) is 0. The van der Waals surface area contributed by atoms with Crippen LogP contribution in [0.1, 0.15) is 32.1 Å². The first-order valence-electron chi connectivity index (χ1n) is 9.07. The molecule has 5 rings (SSSR count). The van der Waals surface area contributed by atoms with Crippen LogP contribution in [0.3, 0.4) is 0 Å². The van der Waals surface area contributed by atoms with Gasteiger partial charge >= 0.3 is 6.18 Å². The van der Waals surface area contributed by atoms with Crippen LogP contribution in [0.25, 0.3) is 0 Å². The molecule has 5 fully saturated rings. The normalized spacial score (nSPS) is 37.7. The van der Waals surface area contributed by atoms with Crippen molar-refractivity contribution in [3.63, 3.8) is 0 Å². The highest BCUT2D eigenvalue weighted by molar-refractivity contribution is 5.86. The molecule has 8 heteroatoms. The predicted molar refractivity (Wildman–Crippen MR) is 83.0 cm³/mol. The Morgan fingerprint density at radius 2 is 1.56 bits per heavy atom. The molecule has 2 heterocycles. The van der Waals surface area contributed by atoms with Crippen LogP contribution < -0.4 is 5.32 Å². The molecule has 2 bridgehead atoms. The van der Waals surface area contributed by atoms with Gasteiger partial charge in [0.25, 0.3) is 0 Å². The molecule has 5 aliphatic rings. The first-order chi connectivity index (χ1) is 11.8. The maximum absolute atomic E-state index is 13.0. The molecule has 142 valence electrons. The lowest BCUT2D eigenvalue weighted by atomic mass is 9.34. The number of morpholine rings is 1. The number of carbonyl (C=O) groups excluding carboxylic acids is 1. The van der Waals surface area contributed by atoms with Gasteiger partial charge in [-0.3, -0.25) is 9.69 Å². The molecule has 1 amide bonds. The summed E-state index contributed by atoms with van der Waals surface area (Å²) in [6, 6.07) is 0. The molecule has 0 aromatic carbocycles. The standard InChI is InChI=1S/C17H25F3N2O3/c18-17(19,20)15-9-14(10-15,11-15)13(23)21-12-16(1-5-24-6-2-16)22-3-7-25-8-4-22/h1-12H2,(H,21,23). The Labute approximate surface area is 145 Å². The predicted octanol–water partition coefficient (Wildman–Crippen LogP) is 1.72. The van der Waals surface area contributed by atoms with Gasteiger partial charge in [-0.25, -0.2) is 0 Å². The zero-order chi connectivity index (χ0) is 17.8. The van der Waals surface area contributed by atoms with Crippen molar-refractivity contribution in [2.24, 2.45) is 10.8 Å². The molecule has 0 aromatic heterocycles. The second-order valence-corrected chi connectivity index (χ2v) is 8.21. The highest BCUT2D eigenvalue weighted by Crippen LogP contribution is 2.78. The van der Waals surface area contributed by atoms with Gasteiger partial charge in [0.2, 0.25) is 5.91 Å². The van der Waals surface area contributed by atoms with Crippen molar-refractivity contribution in [1.29, 1.82) is 0 Å². The largest absolute Gasteiger partial charge is 0.394 e. The van der Waals surface area contributed by atoms with Gasteiger partial charge in [0.15, 0.2) is 0 Å². The summed E-state index contributed by atoms with van der Waals surface area (Å²) < 4.78 is 49.8. The molecular weight excluding hydrogens is 337 g/mol. The summed E-state index contributed by atoms with van der Waals surface area (Å²) in [5, 5.41) is 3.00. The fourth-order valence-corrected chi connectivity index (χ4v) is 5.16. The minimum atomic E-state index is -4.18. The number of alkyl halides is 3. The van der Waals surface area contributed by atoms with Crippen molar-refractivity contribution in [3.8, 4) is 0 Å². The van der Waals surface area contributed by atoms with Crippen LogP contribution >= 0.6 is 0 Å². The number of rotatable bonds is 4. The zero-order valence-electron chi connectivity index (χ0n) is 14.3. The lowest BCUT2D eigenvalue weighted by molar-refractivity contribution is -0.351. The van der Waals surface area contributed by atoms with Gasteiger partial charge in [0.1, 0.15) is 0 Å². The van der Waals surface area contributed by atoms with Crippen molar-refractivity contribution in [2.45, 2.75) is 43.8 Å². The smallest absolute Gasteiger partial charge is 0.381 e. The molecule has 2 aliphatic heterocycles. The van der Waals surface area contributed by atoms with Crippen molar-refractivity contribution in [1.82, 2.24) is 10.2 Å². The molecule has 0 aromatic rings. The van der Waals surface area contributed by atoms with Gasteiger partial charge in [-0.05, 0) is 32.1 Å². The minimum Gasteiger partial charge on any atom is -0.381 e. The van der Waals surface area contributed by atoms with E-state index in [0.717, 1.165) is 25.9 Å². The van der Waals surface area contributed by atoms with Gasteiger partial charge in [0, 0.05) is 38.4 Å². The first-order valence-corrected chi connectivity index (χ1v) is 9.07. The molecule has 3 aliphatic carbocycles. The van der Waals surface area contributed by atoms with Crippen molar-refractivity contribution in [3.05, 3.63) is 0 Å². The van der Waals surface area contributed by atoms with E-state index in [0.29, 0.717) is 33.0 Å². The molecular formula is C17H25F3N2O3. The number of carbonyl (C=O) groups is 1. The molecule has 0 unspecified atom stereocenters. The van der Waals surface area contributed by atoms with E-state index >= 15 is 0 Å². The van der Waals surface area contributed by atoms with E-state index in [1.54, 1.807) is 0 Å². The van der Waals surface area contributed by atoms with Gasteiger partial charge in [-0.15, -0.1) is 0 Å². The fraction of sp³-hybridized carbons (Fsp3) is 0.941. The number of amides is 1. The third-order valence-electron chi connectivity index (χ3n) is 6.80. The first kappa shape index (κ1) is 17.5. The monoisotopic (exact) mass is 362 g/mol. The molecule has 3 saturated carbocycles. The lowest BCUT2D eigenvalue weighted by Crippen LogP contribution is -2.73. The van der Waals surface area contributed by atoms with Crippen molar-refractivity contribution < 1.29 is 27.4 Å². The average molecular weight is 362 g/mol. The van der Waals surface area contributed by atoms with E-state index in [1.807, 2.05) is 0 Å². The number of nitrogens with zero attached hydrogens (tertiary/aromatic N) is 1. The number of nitrogens with one attached hydrogen (secondary N) is 1. The Balaban J connectivity index is 1.37. The van der Waals surface area contributed by atoms with E-state index in [1.165, 1.54) is 0 Å². The topological polar surface area (TPSA) is 50.8 Å². The van der Waals surface area contributed by atoms with E-state index < -0.39 is 17.0 Å². The highest BCUT2D eigenvalue weighted by atomic mass is 19.4. The van der Waals surface area contributed by atoms with Crippen LogP contribution in [0.2, 0.25) is 0 Å². The van der Waals surface area contributed by atoms with Crippen LogP contribution in [-0.4, -0.2) is 68.6 Å². The van der Waals surface area contributed by atoms with Crippen LogP contribution in [0.5, 0.6) is 0 Å². The Morgan fingerprint density at radius 1 is 1.00 bits per heavy atom. The summed E-state index contributed by atoms with van der Waals surface area (Å²) in [5.74, 6) is -0.197. The molecule has 0 spiro atoms. The van der Waals surface area contributed by atoms with Gasteiger partial charge in [0.05, 0.1) is 24.0 Å². The molecule has 25 heavy (non-hydrogen) atoms. The van der Waals surface area contributed by atoms with Crippen LogP contribution in [-0.2, 0) is 14.3 Å². The van der Waals surface area contributed by atoms with Crippen LogP contribution in [0.15, 0.2) is 0 Å². The van der Waals surface area contributed by atoms with Crippen LogP contribution in [0, 0.1) is 10.8 Å². The number of halogens is 3. The summed E-state index contributed by atoms with van der Waals surface area (Å²) in [6.07, 6.45) is -2.64. The summed E-state index contributed by atoms with van der Waals surface area (Å²) >= 11 is 0. The molecule has 1 N–H and O–H groups in total. The maximum atomic E-state index is 13.0. The third-order valence-corrected chi connectivity index (χ3v) is 6.80. The van der Waals surface area contributed by atoms with E-state index in [4.69, 9.17) is 9.47 Å². The highest BCUT2D eigenvalue weighted by Gasteiger charge is 2.80. The van der Waals surface area contributed by atoms with Gasteiger partial charge < -0.3 is 14.8 Å². The average Bonchev–Trinajstić information content (AvgIpc) is 2.51. The molecule has 2 saturated heterocycles. The summed E-state index contributed by atoms with van der Waals surface area (Å²) in [5.41, 5.74) is -2.51. The molecule has 0 radical (unpaired) electrons. The second-order valence-electron chi connectivity index (χ2n) is 8.21. The Bertz CT molecular complexity index is 520. The Hall–Kier alpha value is -0.860. The number of ether oxygens (including phenoxy) is 2. The second kappa shape index (κ2) is 5.82. The quantitative estimate of drug-likeness (QED) is 0.827. The minimum absolute atomic E-state index is 0.0387. The molecule has 5 nitrogen and oxygen atoms in total. The maximum Gasteiger partial charge on any atom is 0.394 e. The Kier molecular flexibility index (Phi) is 4.09. The number of hydrogen-bond donors (Lipinski definition) is 1. The van der Waals surface area contributed by atoms with Crippen molar-refractivity contribution in [2.75, 3.05) is 46.1 Å². The Morgan fingerprint density at radius 3 is 2.12 bits per heavy atom. The summed E-state index contributed by atoms with van der Waals surface area (Å²) in [4.78, 5) is 14.9. The summed E-state index contributed by atoms with van der Waals surface area (Å²) in [6.45, 7) is 4.76. The van der Waals surface area contributed by atoms with E-state index in [-0.39, 0.29) is 30.7 Å². The van der Waals surface area contributed by atoms with Crippen molar-refractivity contribution >= 4 is 5.91 Å². The molecule has 0 atom stereocenters. The fourth-order valence-electron chi connectivity index (χ4n) is 5.16. The lowest BCUT2D eigenvalue weighted by Gasteiger charge is -2.69. The van der Waals surface area contributed by atoms with E-state index in [2.05, 4.69) is 10.2 Å². The zero-order valence-corrected chi connectivity index (χ0v) is 14.3.